The summed E-state index contributed by atoms with van der Waals surface area (Å²) in [5.41, 5.74) is 2.59. The molecule has 0 bridgehead atoms. The van der Waals surface area contributed by atoms with Crippen molar-refractivity contribution in [2.75, 3.05) is 11.1 Å². The van der Waals surface area contributed by atoms with E-state index in [0.29, 0.717) is 22.3 Å². The van der Waals surface area contributed by atoms with Crippen molar-refractivity contribution in [3.63, 3.8) is 0 Å². The van der Waals surface area contributed by atoms with Crippen molar-refractivity contribution < 1.29 is 9.53 Å². The first-order valence-electron chi connectivity index (χ1n) is 9.35. The van der Waals surface area contributed by atoms with Gasteiger partial charge in [-0.25, -0.2) is 0 Å². The molecule has 0 spiro atoms. The maximum Gasteiger partial charge on any atom is 0.247 e. The van der Waals surface area contributed by atoms with Crippen LogP contribution in [0.15, 0.2) is 58.2 Å². The highest BCUT2D eigenvalue weighted by molar-refractivity contribution is 9.10. The van der Waals surface area contributed by atoms with E-state index in [0.717, 1.165) is 34.3 Å². The van der Waals surface area contributed by atoms with E-state index in [1.54, 1.807) is 12.1 Å². The number of aromatic nitrogens is 3. The quantitative estimate of drug-likeness (QED) is 0.301. The van der Waals surface area contributed by atoms with Gasteiger partial charge in [0.25, 0.3) is 0 Å². The standard InChI is InChI=1S/C21H19BrN4O2S/c1-2-3-11-29-21-24-19-17(25-26-21)15-12-14(22)9-10-16(15)23-20(28-19)18(27)13-7-5-4-6-8-13/h4-10,12,20,23H,2-3,11H2,1H3/t20-/m1/s1. The molecule has 1 aromatic heterocycles. The fraction of sp³-hybridized carbons (Fsp3) is 0.238. The Labute approximate surface area is 181 Å². The van der Waals surface area contributed by atoms with Gasteiger partial charge in [-0.05, 0) is 24.6 Å². The number of nitrogens with one attached hydrogen (secondary N) is 1. The molecule has 8 heteroatoms. The smallest absolute Gasteiger partial charge is 0.247 e. The molecular weight excluding hydrogens is 452 g/mol. The zero-order chi connectivity index (χ0) is 20.2. The fourth-order valence-electron chi connectivity index (χ4n) is 2.91. The highest BCUT2D eigenvalue weighted by atomic mass is 79.9. The van der Waals surface area contributed by atoms with Crippen LogP contribution >= 0.6 is 27.7 Å². The normalized spacial score (nSPS) is 14.8. The number of anilines is 1. The van der Waals surface area contributed by atoms with Gasteiger partial charge in [0.2, 0.25) is 23.0 Å². The summed E-state index contributed by atoms with van der Waals surface area (Å²) in [4.78, 5) is 17.6. The van der Waals surface area contributed by atoms with Crippen molar-refractivity contribution in [1.82, 2.24) is 15.2 Å². The summed E-state index contributed by atoms with van der Waals surface area (Å²) in [6.45, 7) is 2.14. The van der Waals surface area contributed by atoms with Crippen LogP contribution in [0.4, 0.5) is 5.69 Å². The molecule has 0 fully saturated rings. The molecule has 0 amide bonds. The number of hydrogen-bond acceptors (Lipinski definition) is 7. The van der Waals surface area contributed by atoms with Gasteiger partial charge in [0.1, 0.15) is 0 Å². The van der Waals surface area contributed by atoms with Crippen LogP contribution in [0.3, 0.4) is 0 Å². The zero-order valence-corrected chi connectivity index (χ0v) is 18.2. The predicted octanol–water partition coefficient (Wildman–Crippen LogP) is 5.21. The average Bonchev–Trinajstić information content (AvgIpc) is 2.90. The van der Waals surface area contributed by atoms with Gasteiger partial charge >= 0.3 is 0 Å². The average molecular weight is 471 g/mol. The maximum absolute atomic E-state index is 13.1. The summed E-state index contributed by atoms with van der Waals surface area (Å²) >= 11 is 5.03. The number of rotatable bonds is 6. The van der Waals surface area contributed by atoms with Gasteiger partial charge in [-0.1, -0.05) is 71.4 Å². The lowest BCUT2D eigenvalue weighted by atomic mass is 10.1. The van der Waals surface area contributed by atoms with Gasteiger partial charge in [0.15, 0.2) is 5.69 Å². The second kappa shape index (κ2) is 8.92. The van der Waals surface area contributed by atoms with Gasteiger partial charge in [-0.3, -0.25) is 4.79 Å². The Bertz CT molecular complexity index is 1030. The van der Waals surface area contributed by atoms with E-state index in [-0.39, 0.29) is 5.78 Å². The third kappa shape index (κ3) is 4.43. The minimum Gasteiger partial charge on any atom is -0.444 e. The van der Waals surface area contributed by atoms with Crippen LogP contribution in [-0.2, 0) is 0 Å². The molecule has 0 saturated heterocycles. The van der Waals surface area contributed by atoms with Crippen molar-refractivity contribution in [3.8, 4) is 17.1 Å². The van der Waals surface area contributed by atoms with E-state index in [1.807, 2.05) is 36.4 Å². The number of thioether (sulfide) groups is 1. The monoisotopic (exact) mass is 470 g/mol. The topological polar surface area (TPSA) is 77.0 Å². The largest absolute Gasteiger partial charge is 0.444 e. The van der Waals surface area contributed by atoms with Crippen molar-refractivity contribution >= 4 is 39.2 Å². The third-order valence-electron chi connectivity index (χ3n) is 4.41. The highest BCUT2D eigenvalue weighted by Gasteiger charge is 2.30. The number of unbranched alkanes of at least 4 members (excludes halogenated alkanes) is 1. The molecule has 6 nitrogen and oxygen atoms in total. The molecule has 148 valence electrons. The van der Waals surface area contributed by atoms with Crippen LogP contribution in [0.25, 0.3) is 11.3 Å². The number of Topliss-reactive ketones (excluding diaryl/α,β-unsaturated/α-hetero) is 1. The van der Waals surface area contributed by atoms with Crippen LogP contribution in [-0.4, -0.2) is 32.9 Å². The molecule has 2 aromatic carbocycles. The first-order chi connectivity index (χ1) is 14.2. The summed E-state index contributed by atoms with van der Waals surface area (Å²) in [5.74, 6) is 1.03. The minimum atomic E-state index is -0.913. The van der Waals surface area contributed by atoms with Crippen LogP contribution in [0, 0.1) is 0 Å². The van der Waals surface area contributed by atoms with E-state index in [4.69, 9.17) is 4.74 Å². The van der Waals surface area contributed by atoms with Gasteiger partial charge in [0.05, 0.1) is 0 Å². The lowest BCUT2D eigenvalue weighted by molar-refractivity contribution is 0.0823. The Hall–Kier alpha value is -2.45. The maximum atomic E-state index is 13.1. The summed E-state index contributed by atoms with van der Waals surface area (Å²) < 4.78 is 6.93. The number of nitrogens with zero attached hydrogens (tertiary/aromatic N) is 3. The lowest BCUT2D eigenvalue weighted by Crippen LogP contribution is -2.35. The molecule has 1 aliphatic rings. The van der Waals surface area contributed by atoms with E-state index in [9.17, 15) is 4.79 Å². The van der Waals surface area contributed by atoms with Gasteiger partial charge in [0, 0.05) is 27.0 Å². The van der Waals surface area contributed by atoms with Crippen LogP contribution in [0.1, 0.15) is 30.1 Å². The summed E-state index contributed by atoms with van der Waals surface area (Å²) in [5, 5.41) is 12.4. The van der Waals surface area contributed by atoms with Gasteiger partial charge in [-0.2, -0.15) is 4.98 Å². The Morgan fingerprint density at radius 1 is 1.21 bits per heavy atom. The first-order valence-corrected chi connectivity index (χ1v) is 11.1. The molecule has 0 unspecified atom stereocenters. The van der Waals surface area contributed by atoms with Crippen molar-refractivity contribution in [2.24, 2.45) is 0 Å². The Balaban J connectivity index is 1.74. The number of ether oxygens (including phenoxy) is 1. The zero-order valence-electron chi connectivity index (χ0n) is 15.8. The van der Waals surface area contributed by atoms with Crippen LogP contribution in [0.5, 0.6) is 5.88 Å². The molecule has 1 N–H and O–H groups in total. The van der Waals surface area contributed by atoms with Gasteiger partial charge < -0.3 is 10.1 Å². The third-order valence-corrected chi connectivity index (χ3v) is 5.83. The van der Waals surface area contributed by atoms with Crippen molar-refractivity contribution in [2.45, 2.75) is 31.1 Å². The van der Waals surface area contributed by atoms with E-state index >= 15 is 0 Å². The fourth-order valence-corrected chi connectivity index (χ4v) is 4.13. The molecule has 0 aliphatic carbocycles. The molecule has 29 heavy (non-hydrogen) atoms. The predicted molar refractivity (Wildman–Crippen MR) is 117 cm³/mol. The number of carbonyl (C=O) groups is 1. The van der Waals surface area contributed by atoms with Crippen molar-refractivity contribution in [1.29, 1.82) is 0 Å². The Kier molecular flexibility index (Phi) is 6.10. The van der Waals surface area contributed by atoms with E-state index < -0.39 is 6.23 Å². The Morgan fingerprint density at radius 3 is 2.83 bits per heavy atom. The van der Waals surface area contributed by atoms with Crippen molar-refractivity contribution in [3.05, 3.63) is 58.6 Å². The minimum absolute atomic E-state index is 0.175. The molecule has 3 aromatic rings. The molecular formula is C21H19BrN4O2S. The number of benzene rings is 2. The van der Waals surface area contributed by atoms with E-state index in [1.165, 1.54) is 11.8 Å². The van der Waals surface area contributed by atoms with Crippen LogP contribution in [0.2, 0.25) is 0 Å². The summed E-state index contributed by atoms with van der Waals surface area (Å²) in [6.07, 6.45) is 1.25. The number of fused-ring (bicyclic) bond motifs is 3. The second-order valence-corrected chi connectivity index (χ2v) is 8.49. The highest BCUT2D eigenvalue weighted by Crippen LogP contribution is 2.38. The van der Waals surface area contributed by atoms with Gasteiger partial charge in [-0.15, -0.1) is 10.2 Å². The lowest BCUT2D eigenvalue weighted by Gasteiger charge is -2.17. The first kappa shape index (κ1) is 19.8. The van der Waals surface area contributed by atoms with Crippen LogP contribution < -0.4 is 10.1 Å². The number of ketones is 1. The molecule has 1 aliphatic heterocycles. The summed E-state index contributed by atoms with van der Waals surface area (Å²) in [6, 6.07) is 14.8. The molecule has 2 heterocycles. The molecule has 0 saturated carbocycles. The number of hydrogen-bond donors (Lipinski definition) is 1. The SMILES string of the molecule is CCCCSc1nnc2c(n1)O[C@H](C(=O)c1ccccc1)Nc1ccc(Br)cc1-2. The summed E-state index contributed by atoms with van der Waals surface area (Å²) in [7, 11) is 0. The second-order valence-electron chi connectivity index (χ2n) is 6.51. The molecule has 0 radical (unpaired) electrons. The molecule has 4 rings (SSSR count). The van der Waals surface area contributed by atoms with E-state index in [2.05, 4.69) is 43.4 Å². The molecule has 1 atom stereocenters. The number of halogens is 1. The number of carbonyl (C=O) groups excluding carboxylic acids is 1. The Morgan fingerprint density at radius 2 is 2.03 bits per heavy atom.